The zero-order valence-corrected chi connectivity index (χ0v) is 16.1. The molecule has 0 bridgehead atoms. The number of pyridine rings is 1. The Balaban J connectivity index is 2.09. The van der Waals surface area contributed by atoms with Crippen LogP contribution in [0, 0.1) is 0 Å². The highest BCUT2D eigenvalue weighted by molar-refractivity contribution is 6.05. The molecule has 136 valence electrons. The molecule has 2 aromatic rings. The third-order valence-corrected chi connectivity index (χ3v) is 4.74. The molecule has 0 spiro atoms. The summed E-state index contributed by atoms with van der Waals surface area (Å²) in [7, 11) is 0. The van der Waals surface area contributed by atoms with Crippen molar-refractivity contribution in [2.24, 2.45) is 0 Å². The summed E-state index contributed by atoms with van der Waals surface area (Å²) in [6.45, 7) is 14.1. The molecule has 1 N–H and O–H groups in total. The highest BCUT2D eigenvalue weighted by Gasteiger charge is 2.28. The largest absolute Gasteiger partial charge is 0.336 e. The quantitative estimate of drug-likeness (QED) is 0.931. The van der Waals surface area contributed by atoms with Gasteiger partial charge in [0.25, 0.3) is 5.91 Å². The van der Waals surface area contributed by atoms with Crippen molar-refractivity contribution in [3.8, 4) is 0 Å². The van der Waals surface area contributed by atoms with Gasteiger partial charge in [0.15, 0.2) is 5.65 Å². The van der Waals surface area contributed by atoms with Crippen molar-refractivity contribution in [2.45, 2.75) is 65.6 Å². The van der Waals surface area contributed by atoms with Crippen molar-refractivity contribution < 1.29 is 4.79 Å². The second kappa shape index (κ2) is 6.75. The minimum absolute atomic E-state index is 0.0813. The lowest BCUT2D eigenvalue weighted by molar-refractivity contribution is 0.0675. The average Bonchev–Trinajstić information content (AvgIpc) is 2.96. The maximum Gasteiger partial charge on any atom is 0.254 e. The number of hydrogen-bond acceptors (Lipinski definition) is 4. The average molecular weight is 343 g/mol. The van der Waals surface area contributed by atoms with Crippen molar-refractivity contribution in [1.29, 1.82) is 0 Å². The molecule has 3 rings (SSSR count). The van der Waals surface area contributed by atoms with Crippen molar-refractivity contribution in [3.05, 3.63) is 23.5 Å². The molecule has 2 unspecified atom stereocenters. The summed E-state index contributed by atoms with van der Waals surface area (Å²) in [5.41, 5.74) is 2.47. The number of carbonyl (C=O) groups is 1. The van der Waals surface area contributed by atoms with Crippen molar-refractivity contribution in [2.75, 3.05) is 13.1 Å². The van der Waals surface area contributed by atoms with Gasteiger partial charge < -0.3 is 10.2 Å². The smallest absolute Gasteiger partial charge is 0.254 e. The van der Waals surface area contributed by atoms with Crippen molar-refractivity contribution >= 4 is 16.9 Å². The predicted octanol–water partition coefficient (Wildman–Crippen LogP) is 2.96. The number of rotatable bonds is 3. The van der Waals surface area contributed by atoms with Crippen LogP contribution < -0.4 is 5.32 Å². The van der Waals surface area contributed by atoms with Crippen LogP contribution in [-0.4, -0.2) is 50.7 Å². The molecule has 0 radical (unpaired) electrons. The minimum atomic E-state index is 0.0813. The first-order chi connectivity index (χ1) is 11.8. The fourth-order valence-corrected chi connectivity index (χ4v) is 3.55. The number of fused-ring (bicyclic) bond motifs is 1. The number of hydrogen-bond donors (Lipinski definition) is 1. The molecular weight excluding hydrogens is 314 g/mol. The van der Waals surface area contributed by atoms with Gasteiger partial charge in [0, 0.05) is 36.9 Å². The van der Waals surface area contributed by atoms with Crippen LogP contribution in [0.15, 0.2) is 12.3 Å². The Morgan fingerprint density at radius 2 is 1.84 bits per heavy atom. The first kappa shape index (κ1) is 17.9. The molecule has 6 heteroatoms. The van der Waals surface area contributed by atoms with Gasteiger partial charge in [0.1, 0.15) is 0 Å². The second-order valence-corrected chi connectivity index (χ2v) is 7.85. The molecular formula is C19H29N5O. The molecule has 1 amide bonds. The first-order valence-electron chi connectivity index (χ1n) is 9.21. The maximum absolute atomic E-state index is 13.3. The van der Waals surface area contributed by atoms with E-state index >= 15 is 0 Å². The van der Waals surface area contributed by atoms with Crippen LogP contribution in [0.4, 0.5) is 0 Å². The molecule has 25 heavy (non-hydrogen) atoms. The lowest BCUT2D eigenvalue weighted by atomic mass is 10.0. The first-order valence-corrected chi connectivity index (χ1v) is 9.21. The number of aromatic nitrogens is 3. The van der Waals surface area contributed by atoms with E-state index in [4.69, 9.17) is 4.98 Å². The third kappa shape index (κ3) is 3.40. The van der Waals surface area contributed by atoms with Gasteiger partial charge >= 0.3 is 0 Å². The topological polar surface area (TPSA) is 63.1 Å². The van der Waals surface area contributed by atoms with E-state index in [2.05, 4.69) is 52.0 Å². The Bertz CT molecular complexity index is 769. The van der Waals surface area contributed by atoms with Crippen molar-refractivity contribution in [1.82, 2.24) is 25.0 Å². The standard InChI is InChI=1S/C19H29N5O/c1-11(2)17-7-15(16-8-20-24(12(3)4)18(16)22-17)19(25)23-9-13(5)21-14(6)10-23/h7-8,11-14,21H,9-10H2,1-6H3. The third-order valence-electron chi connectivity index (χ3n) is 4.74. The van der Waals surface area contributed by atoms with Crippen LogP contribution in [0.1, 0.15) is 69.6 Å². The zero-order chi connectivity index (χ0) is 18.3. The Kier molecular flexibility index (Phi) is 4.82. The van der Waals surface area contributed by atoms with Gasteiger partial charge in [0.2, 0.25) is 0 Å². The van der Waals surface area contributed by atoms with Gasteiger partial charge in [0.05, 0.1) is 17.1 Å². The minimum Gasteiger partial charge on any atom is -0.336 e. The molecule has 1 aliphatic heterocycles. The van der Waals surface area contributed by atoms with Gasteiger partial charge in [-0.15, -0.1) is 0 Å². The molecule has 0 saturated carbocycles. The van der Waals surface area contributed by atoms with Crippen LogP contribution in [0.3, 0.4) is 0 Å². The normalized spacial score (nSPS) is 21.5. The fourth-order valence-electron chi connectivity index (χ4n) is 3.55. The summed E-state index contributed by atoms with van der Waals surface area (Å²) in [6, 6.07) is 2.76. The van der Waals surface area contributed by atoms with E-state index in [0.29, 0.717) is 12.1 Å². The van der Waals surface area contributed by atoms with Crippen LogP contribution in [-0.2, 0) is 0 Å². The maximum atomic E-state index is 13.3. The molecule has 0 aliphatic carbocycles. The van der Waals surface area contributed by atoms with Crippen LogP contribution in [0.25, 0.3) is 11.0 Å². The summed E-state index contributed by atoms with van der Waals surface area (Å²) in [5.74, 6) is 0.338. The molecule has 1 saturated heterocycles. The summed E-state index contributed by atoms with van der Waals surface area (Å²) in [6.07, 6.45) is 1.79. The van der Waals surface area contributed by atoms with Gasteiger partial charge in [-0.05, 0) is 39.7 Å². The summed E-state index contributed by atoms with van der Waals surface area (Å²) in [4.78, 5) is 20.0. The van der Waals surface area contributed by atoms with Crippen LogP contribution >= 0.6 is 0 Å². The van der Waals surface area contributed by atoms with E-state index in [1.165, 1.54) is 0 Å². The number of amides is 1. The molecule has 1 fully saturated rings. The molecule has 0 aromatic carbocycles. The zero-order valence-electron chi connectivity index (χ0n) is 16.1. The Labute approximate surface area is 149 Å². The van der Waals surface area contributed by atoms with Crippen LogP contribution in [0.2, 0.25) is 0 Å². The Hall–Kier alpha value is -1.95. The van der Waals surface area contributed by atoms with Crippen LogP contribution in [0.5, 0.6) is 0 Å². The molecule has 2 atom stereocenters. The summed E-state index contributed by atoms with van der Waals surface area (Å²) in [5, 5.41) is 8.81. The number of piperazine rings is 1. The number of carbonyl (C=O) groups excluding carboxylic acids is 1. The Morgan fingerprint density at radius 1 is 1.20 bits per heavy atom. The van der Waals surface area contributed by atoms with E-state index in [1.807, 2.05) is 15.6 Å². The molecule has 3 heterocycles. The van der Waals surface area contributed by atoms with E-state index in [9.17, 15) is 4.79 Å². The fraction of sp³-hybridized carbons (Fsp3) is 0.632. The SMILES string of the molecule is CC1CN(C(=O)c2cc(C(C)C)nc3c2cnn3C(C)C)CC(C)N1. The molecule has 2 aromatic heterocycles. The molecule has 1 aliphatic rings. The molecule has 6 nitrogen and oxygen atoms in total. The van der Waals surface area contributed by atoms with Gasteiger partial charge in [-0.25, -0.2) is 9.67 Å². The highest BCUT2D eigenvalue weighted by atomic mass is 16.2. The van der Waals surface area contributed by atoms with E-state index in [0.717, 1.165) is 35.4 Å². The lowest BCUT2D eigenvalue weighted by Crippen LogP contribution is -2.55. The Morgan fingerprint density at radius 3 is 2.40 bits per heavy atom. The highest BCUT2D eigenvalue weighted by Crippen LogP contribution is 2.26. The predicted molar refractivity (Wildman–Crippen MR) is 100.0 cm³/mol. The monoisotopic (exact) mass is 343 g/mol. The van der Waals surface area contributed by atoms with Gasteiger partial charge in [-0.3, -0.25) is 4.79 Å². The van der Waals surface area contributed by atoms with Gasteiger partial charge in [-0.1, -0.05) is 13.8 Å². The second-order valence-electron chi connectivity index (χ2n) is 7.85. The van der Waals surface area contributed by atoms with E-state index < -0.39 is 0 Å². The lowest BCUT2D eigenvalue weighted by Gasteiger charge is -2.36. The summed E-state index contributed by atoms with van der Waals surface area (Å²) < 4.78 is 1.90. The van der Waals surface area contributed by atoms with Crippen molar-refractivity contribution in [3.63, 3.8) is 0 Å². The number of nitrogens with zero attached hydrogens (tertiary/aromatic N) is 4. The van der Waals surface area contributed by atoms with E-state index in [1.54, 1.807) is 6.20 Å². The number of nitrogens with one attached hydrogen (secondary N) is 1. The van der Waals surface area contributed by atoms with E-state index in [-0.39, 0.29) is 17.9 Å². The summed E-state index contributed by atoms with van der Waals surface area (Å²) >= 11 is 0. The van der Waals surface area contributed by atoms with Gasteiger partial charge in [-0.2, -0.15) is 5.10 Å².